The van der Waals surface area contributed by atoms with Crippen LogP contribution in [0.4, 0.5) is 10.1 Å². The minimum absolute atomic E-state index is 0. The summed E-state index contributed by atoms with van der Waals surface area (Å²) in [6.45, 7) is 1.08. The lowest BCUT2D eigenvalue weighted by molar-refractivity contribution is -0.116. The van der Waals surface area contributed by atoms with Gasteiger partial charge in [-0.05, 0) is 37.0 Å². The number of nitrogens with zero attached hydrogens (tertiary/aromatic N) is 1. The minimum atomic E-state index is -0.597. The maximum atomic E-state index is 14.2. The average molecular weight is 328 g/mol. The number of likely N-dealkylation sites (tertiary alicyclic amines) is 1. The van der Waals surface area contributed by atoms with E-state index < -0.39 is 5.82 Å². The summed E-state index contributed by atoms with van der Waals surface area (Å²) in [4.78, 5) is 25.4. The highest BCUT2D eigenvalue weighted by molar-refractivity contribution is 5.98. The van der Waals surface area contributed by atoms with Gasteiger partial charge in [-0.1, -0.05) is 0 Å². The van der Waals surface area contributed by atoms with Crippen molar-refractivity contribution < 1.29 is 14.0 Å². The quantitative estimate of drug-likeness (QED) is 0.824. The van der Waals surface area contributed by atoms with E-state index in [-0.39, 0.29) is 35.8 Å². The maximum Gasteiger partial charge on any atom is 0.256 e. The Bertz CT molecular complexity index is 609. The molecule has 5 nitrogen and oxygen atoms in total. The highest BCUT2D eigenvalue weighted by Crippen LogP contribution is 2.27. The van der Waals surface area contributed by atoms with E-state index in [1.165, 1.54) is 6.07 Å². The van der Waals surface area contributed by atoms with Crippen LogP contribution < -0.4 is 11.1 Å². The molecule has 7 heteroatoms. The molecule has 0 saturated carbocycles. The van der Waals surface area contributed by atoms with Gasteiger partial charge in [0.15, 0.2) is 0 Å². The number of carbonyl (C=O) groups excluding carboxylic acids is 2. The Kier molecular flexibility index (Phi) is 5.03. The molecule has 0 aromatic heterocycles. The van der Waals surface area contributed by atoms with Crippen LogP contribution in [0.25, 0.3) is 0 Å². The van der Waals surface area contributed by atoms with Gasteiger partial charge in [0.2, 0.25) is 5.91 Å². The summed E-state index contributed by atoms with van der Waals surface area (Å²) in [5.74, 6) is -1.04. The second kappa shape index (κ2) is 6.62. The van der Waals surface area contributed by atoms with E-state index in [1.54, 1.807) is 11.0 Å². The number of nitrogens with two attached hydrogens (primary N) is 1. The van der Waals surface area contributed by atoms with E-state index in [9.17, 15) is 14.0 Å². The number of hydrogen-bond donors (Lipinski definition) is 2. The number of amides is 2. The van der Waals surface area contributed by atoms with E-state index in [1.807, 2.05) is 0 Å². The zero-order valence-corrected chi connectivity index (χ0v) is 12.9. The number of halogens is 2. The fourth-order valence-electron chi connectivity index (χ4n) is 2.93. The standard InChI is InChI=1S/C15H18FN3O2.ClH/c16-12-7-13-9(3-4-14(20)18-13)6-11(12)15(21)19-5-1-2-10(17)8-19;/h6-7,10H,1-5,8,17H2,(H,18,20);1H. The van der Waals surface area contributed by atoms with Crippen LogP contribution in [0.2, 0.25) is 0 Å². The second-order valence-corrected chi connectivity index (χ2v) is 5.69. The van der Waals surface area contributed by atoms with Gasteiger partial charge in [0, 0.05) is 31.2 Å². The molecule has 0 spiro atoms. The molecule has 2 aliphatic rings. The van der Waals surface area contributed by atoms with Crippen LogP contribution in [0.3, 0.4) is 0 Å². The molecule has 0 radical (unpaired) electrons. The van der Waals surface area contributed by atoms with E-state index in [2.05, 4.69) is 5.32 Å². The van der Waals surface area contributed by atoms with Gasteiger partial charge in [-0.3, -0.25) is 9.59 Å². The summed E-state index contributed by atoms with van der Waals surface area (Å²) < 4.78 is 14.2. The first-order valence-electron chi connectivity index (χ1n) is 7.21. The molecule has 1 aromatic rings. The van der Waals surface area contributed by atoms with Gasteiger partial charge in [0.05, 0.1) is 5.56 Å². The van der Waals surface area contributed by atoms with E-state index in [0.717, 1.165) is 18.4 Å². The van der Waals surface area contributed by atoms with Crippen molar-refractivity contribution >= 4 is 29.9 Å². The third-order valence-electron chi connectivity index (χ3n) is 4.06. The zero-order valence-electron chi connectivity index (χ0n) is 12.1. The lowest BCUT2D eigenvalue weighted by Gasteiger charge is -2.31. The van der Waals surface area contributed by atoms with Crippen LogP contribution in [0.15, 0.2) is 12.1 Å². The SMILES string of the molecule is Cl.NC1CCCN(C(=O)c2cc3c(cc2F)NC(=O)CC3)C1. The molecule has 3 rings (SSSR count). The van der Waals surface area contributed by atoms with Crippen LogP contribution >= 0.6 is 12.4 Å². The number of nitrogens with one attached hydrogen (secondary N) is 1. The fourth-order valence-corrected chi connectivity index (χ4v) is 2.93. The smallest absolute Gasteiger partial charge is 0.256 e. The predicted octanol–water partition coefficient (Wildman–Crippen LogP) is 1.70. The summed E-state index contributed by atoms with van der Waals surface area (Å²) in [5, 5.41) is 2.63. The Labute approximate surface area is 134 Å². The van der Waals surface area contributed by atoms with Crippen molar-refractivity contribution in [1.29, 1.82) is 0 Å². The number of carbonyl (C=O) groups is 2. The normalized spacial score (nSPS) is 20.7. The molecular formula is C15H19ClFN3O2. The maximum absolute atomic E-state index is 14.2. The zero-order chi connectivity index (χ0) is 15.0. The summed E-state index contributed by atoms with van der Waals surface area (Å²) in [5.41, 5.74) is 7.21. The first-order valence-corrected chi connectivity index (χ1v) is 7.21. The summed E-state index contributed by atoms with van der Waals surface area (Å²) in [7, 11) is 0. The number of benzene rings is 1. The van der Waals surface area contributed by atoms with E-state index in [0.29, 0.717) is 31.6 Å². The number of hydrogen-bond acceptors (Lipinski definition) is 3. The number of aryl methyl sites for hydroxylation is 1. The highest BCUT2D eigenvalue weighted by atomic mass is 35.5. The molecule has 120 valence electrons. The van der Waals surface area contributed by atoms with Gasteiger partial charge in [-0.2, -0.15) is 0 Å². The Morgan fingerprint density at radius 1 is 1.36 bits per heavy atom. The Morgan fingerprint density at radius 3 is 2.86 bits per heavy atom. The van der Waals surface area contributed by atoms with Crippen molar-refractivity contribution in [3.8, 4) is 0 Å². The molecule has 1 aromatic carbocycles. The Balaban J connectivity index is 0.00000176. The van der Waals surface area contributed by atoms with Crippen LogP contribution in [-0.2, 0) is 11.2 Å². The van der Waals surface area contributed by atoms with Crippen molar-refractivity contribution in [2.75, 3.05) is 18.4 Å². The molecule has 0 aliphatic carbocycles. The van der Waals surface area contributed by atoms with Crippen molar-refractivity contribution in [2.45, 2.75) is 31.7 Å². The molecule has 1 unspecified atom stereocenters. The van der Waals surface area contributed by atoms with Crippen molar-refractivity contribution in [2.24, 2.45) is 5.73 Å². The minimum Gasteiger partial charge on any atom is -0.337 e. The van der Waals surface area contributed by atoms with Crippen molar-refractivity contribution in [1.82, 2.24) is 4.90 Å². The number of anilines is 1. The van der Waals surface area contributed by atoms with Crippen molar-refractivity contribution in [3.05, 3.63) is 29.1 Å². The lowest BCUT2D eigenvalue weighted by Crippen LogP contribution is -2.46. The van der Waals surface area contributed by atoms with Crippen LogP contribution in [-0.4, -0.2) is 35.8 Å². The van der Waals surface area contributed by atoms with Crippen molar-refractivity contribution in [3.63, 3.8) is 0 Å². The number of fused-ring (bicyclic) bond motifs is 1. The molecule has 1 atom stereocenters. The van der Waals surface area contributed by atoms with Gasteiger partial charge in [0.25, 0.3) is 5.91 Å². The van der Waals surface area contributed by atoms with Crippen LogP contribution in [0, 0.1) is 5.82 Å². The number of piperidine rings is 1. The van der Waals surface area contributed by atoms with Gasteiger partial charge in [-0.25, -0.2) is 4.39 Å². The van der Waals surface area contributed by atoms with Gasteiger partial charge in [0.1, 0.15) is 5.82 Å². The predicted molar refractivity (Wildman–Crippen MR) is 83.7 cm³/mol. The van der Waals surface area contributed by atoms with Crippen LogP contribution in [0.1, 0.15) is 35.2 Å². The Hall–Kier alpha value is -1.66. The lowest BCUT2D eigenvalue weighted by atomic mass is 9.98. The molecule has 0 bridgehead atoms. The van der Waals surface area contributed by atoms with E-state index >= 15 is 0 Å². The molecule has 2 aliphatic heterocycles. The van der Waals surface area contributed by atoms with Gasteiger partial charge in [-0.15, -0.1) is 12.4 Å². The number of rotatable bonds is 1. The topological polar surface area (TPSA) is 75.4 Å². The third kappa shape index (κ3) is 3.23. The summed E-state index contributed by atoms with van der Waals surface area (Å²) >= 11 is 0. The van der Waals surface area contributed by atoms with Gasteiger partial charge >= 0.3 is 0 Å². The molecule has 22 heavy (non-hydrogen) atoms. The largest absolute Gasteiger partial charge is 0.337 e. The van der Waals surface area contributed by atoms with E-state index in [4.69, 9.17) is 5.73 Å². The van der Waals surface area contributed by atoms with Gasteiger partial charge < -0.3 is 16.0 Å². The first-order chi connectivity index (χ1) is 10.0. The third-order valence-corrected chi connectivity index (χ3v) is 4.06. The summed E-state index contributed by atoms with van der Waals surface area (Å²) in [6, 6.07) is 2.76. The van der Waals surface area contributed by atoms with Crippen LogP contribution in [0.5, 0.6) is 0 Å². The first kappa shape index (κ1) is 16.7. The molecule has 3 N–H and O–H groups in total. The molecule has 1 saturated heterocycles. The average Bonchev–Trinajstić information content (AvgIpc) is 2.45. The molecule has 2 amide bonds. The fraction of sp³-hybridized carbons (Fsp3) is 0.467. The second-order valence-electron chi connectivity index (χ2n) is 5.69. The molecular weight excluding hydrogens is 309 g/mol. The molecule has 1 fully saturated rings. The summed E-state index contributed by atoms with van der Waals surface area (Å²) in [6.07, 6.45) is 2.63. The Morgan fingerprint density at radius 2 is 2.14 bits per heavy atom. The monoisotopic (exact) mass is 327 g/mol. The molecule has 2 heterocycles. The highest BCUT2D eigenvalue weighted by Gasteiger charge is 2.26.